The van der Waals surface area contributed by atoms with Gasteiger partial charge in [-0.05, 0) is 27.9 Å². The van der Waals surface area contributed by atoms with Crippen molar-refractivity contribution >= 4 is 15.9 Å². The molecule has 0 aliphatic rings. The summed E-state index contributed by atoms with van der Waals surface area (Å²) >= 11 is 3.34. The number of aromatic nitrogens is 1. The summed E-state index contributed by atoms with van der Waals surface area (Å²) in [5.74, 6) is 1.42. The normalized spacial score (nSPS) is 12.5. The summed E-state index contributed by atoms with van der Waals surface area (Å²) < 4.78 is 6.50. The van der Waals surface area contributed by atoms with Gasteiger partial charge in [0, 0.05) is 10.7 Å². The molecule has 0 amide bonds. The second-order valence-electron chi connectivity index (χ2n) is 3.16. The SMILES string of the molecule is CC[C@H](C)COc1cncc(Br)c1. The lowest BCUT2D eigenvalue weighted by Gasteiger charge is -2.10. The van der Waals surface area contributed by atoms with Crippen molar-refractivity contribution < 1.29 is 4.74 Å². The Bertz CT molecular complexity index is 265. The fourth-order valence-electron chi connectivity index (χ4n) is 0.828. The van der Waals surface area contributed by atoms with E-state index in [4.69, 9.17) is 4.74 Å². The molecule has 0 unspecified atom stereocenters. The van der Waals surface area contributed by atoms with E-state index in [1.807, 2.05) is 6.07 Å². The van der Waals surface area contributed by atoms with E-state index in [9.17, 15) is 0 Å². The number of halogens is 1. The van der Waals surface area contributed by atoms with Crippen LogP contribution in [0.3, 0.4) is 0 Å². The first-order valence-electron chi connectivity index (χ1n) is 4.45. The lowest BCUT2D eigenvalue weighted by atomic mass is 10.1. The summed E-state index contributed by atoms with van der Waals surface area (Å²) in [6.45, 7) is 5.09. The van der Waals surface area contributed by atoms with Crippen LogP contribution in [-0.4, -0.2) is 11.6 Å². The lowest BCUT2D eigenvalue weighted by molar-refractivity contribution is 0.255. The summed E-state index contributed by atoms with van der Waals surface area (Å²) in [7, 11) is 0. The minimum Gasteiger partial charge on any atom is -0.492 e. The van der Waals surface area contributed by atoms with Crippen molar-refractivity contribution in [3.05, 3.63) is 22.9 Å². The van der Waals surface area contributed by atoms with Gasteiger partial charge in [0.2, 0.25) is 0 Å². The molecule has 1 atom stereocenters. The number of rotatable bonds is 4. The number of hydrogen-bond donors (Lipinski definition) is 0. The first-order valence-corrected chi connectivity index (χ1v) is 5.25. The molecule has 0 aromatic carbocycles. The molecule has 1 aromatic rings. The molecule has 0 aliphatic carbocycles. The van der Waals surface area contributed by atoms with Crippen molar-refractivity contribution in [1.82, 2.24) is 4.98 Å². The fraction of sp³-hybridized carbons (Fsp3) is 0.500. The Morgan fingerprint density at radius 2 is 2.31 bits per heavy atom. The molecule has 0 fully saturated rings. The second kappa shape index (κ2) is 5.22. The van der Waals surface area contributed by atoms with Gasteiger partial charge in [-0.3, -0.25) is 4.98 Å². The van der Waals surface area contributed by atoms with E-state index in [0.29, 0.717) is 5.92 Å². The van der Waals surface area contributed by atoms with Crippen LogP contribution in [-0.2, 0) is 0 Å². The smallest absolute Gasteiger partial charge is 0.138 e. The van der Waals surface area contributed by atoms with Crippen molar-refractivity contribution in [2.24, 2.45) is 5.92 Å². The van der Waals surface area contributed by atoms with Crippen molar-refractivity contribution in [2.45, 2.75) is 20.3 Å². The highest BCUT2D eigenvalue weighted by molar-refractivity contribution is 9.10. The monoisotopic (exact) mass is 243 g/mol. The summed E-state index contributed by atoms with van der Waals surface area (Å²) in [6, 6.07) is 1.93. The number of hydrogen-bond acceptors (Lipinski definition) is 2. The molecule has 1 rings (SSSR count). The molecule has 1 aromatic heterocycles. The molecule has 0 radical (unpaired) electrons. The average molecular weight is 244 g/mol. The molecule has 1 heterocycles. The first kappa shape index (κ1) is 10.5. The van der Waals surface area contributed by atoms with Gasteiger partial charge in [0.25, 0.3) is 0 Å². The lowest BCUT2D eigenvalue weighted by Crippen LogP contribution is -2.07. The molecular formula is C10H14BrNO. The molecule has 0 spiro atoms. The highest BCUT2D eigenvalue weighted by Crippen LogP contribution is 2.16. The average Bonchev–Trinajstić information content (AvgIpc) is 2.14. The Morgan fingerprint density at radius 3 is 2.92 bits per heavy atom. The molecule has 3 heteroatoms. The Morgan fingerprint density at radius 1 is 1.54 bits per heavy atom. The second-order valence-corrected chi connectivity index (χ2v) is 4.08. The third-order valence-electron chi connectivity index (χ3n) is 1.91. The minimum absolute atomic E-state index is 0.596. The van der Waals surface area contributed by atoms with Crippen molar-refractivity contribution in [3.8, 4) is 5.75 Å². The molecule has 0 saturated carbocycles. The van der Waals surface area contributed by atoms with Crippen LogP contribution >= 0.6 is 15.9 Å². The molecule has 0 N–H and O–H groups in total. The molecule has 72 valence electrons. The zero-order chi connectivity index (χ0) is 9.68. The topological polar surface area (TPSA) is 22.1 Å². The van der Waals surface area contributed by atoms with E-state index in [1.165, 1.54) is 0 Å². The van der Waals surface area contributed by atoms with E-state index in [2.05, 4.69) is 34.8 Å². The molecule has 2 nitrogen and oxygen atoms in total. The van der Waals surface area contributed by atoms with Gasteiger partial charge in [0.15, 0.2) is 0 Å². The van der Waals surface area contributed by atoms with Crippen LogP contribution in [0.2, 0.25) is 0 Å². The molecule has 0 aliphatic heterocycles. The maximum atomic E-state index is 5.55. The number of ether oxygens (including phenoxy) is 1. The van der Waals surface area contributed by atoms with Gasteiger partial charge in [0.1, 0.15) is 5.75 Å². The van der Waals surface area contributed by atoms with Crippen molar-refractivity contribution in [1.29, 1.82) is 0 Å². The zero-order valence-electron chi connectivity index (χ0n) is 7.96. The maximum Gasteiger partial charge on any atom is 0.138 e. The third kappa shape index (κ3) is 3.77. The first-order chi connectivity index (χ1) is 6.22. The van der Waals surface area contributed by atoms with Crippen LogP contribution in [0.5, 0.6) is 5.75 Å². The minimum atomic E-state index is 0.596. The summed E-state index contributed by atoms with van der Waals surface area (Å²) in [5, 5.41) is 0. The van der Waals surface area contributed by atoms with E-state index >= 15 is 0 Å². The van der Waals surface area contributed by atoms with Crippen LogP contribution in [0.15, 0.2) is 22.9 Å². The maximum absolute atomic E-state index is 5.55. The van der Waals surface area contributed by atoms with Gasteiger partial charge in [-0.2, -0.15) is 0 Å². The Hall–Kier alpha value is -0.570. The van der Waals surface area contributed by atoms with Crippen LogP contribution in [0.4, 0.5) is 0 Å². The van der Waals surface area contributed by atoms with Crippen LogP contribution < -0.4 is 4.74 Å². The highest BCUT2D eigenvalue weighted by Gasteiger charge is 2.00. The van der Waals surface area contributed by atoms with Crippen LogP contribution in [0, 0.1) is 5.92 Å². The molecule has 0 saturated heterocycles. The van der Waals surface area contributed by atoms with Gasteiger partial charge < -0.3 is 4.74 Å². The molecule has 0 bridgehead atoms. The van der Waals surface area contributed by atoms with Crippen LogP contribution in [0.1, 0.15) is 20.3 Å². The van der Waals surface area contributed by atoms with Gasteiger partial charge in [-0.1, -0.05) is 20.3 Å². The van der Waals surface area contributed by atoms with Gasteiger partial charge in [-0.15, -0.1) is 0 Å². The summed E-state index contributed by atoms with van der Waals surface area (Å²) in [4.78, 5) is 4.02. The van der Waals surface area contributed by atoms with Crippen molar-refractivity contribution in [3.63, 3.8) is 0 Å². The van der Waals surface area contributed by atoms with E-state index < -0.39 is 0 Å². The Balaban J connectivity index is 2.45. The third-order valence-corrected chi connectivity index (χ3v) is 2.34. The van der Waals surface area contributed by atoms with Gasteiger partial charge >= 0.3 is 0 Å². The summed E-state index contributed by atoms with van der Waals surface area (Å²) in [6.07, 6.45) is 4.62. The summed E-state index contributed by atoms with van der Waals surface area (Å²) in [5.41, 5.74) is 0. The van der Waals surface area contributed by atoms with Crippen LogP contribution in [0.25, 0.3) is 0 Å². The van der Waals surface area contributed by atoms with E-state index in [-0.39, 0.29) is 0 Å². The number of nitrogens with zero attached hydrogens (tertiary/aromatic N) is 1. The molecule has 13 heavy (non-hydrogen) atoms. The van der Waals surface area contributed by atoms with E-state index in [0.717, 1.165) is 23.2 Å². The van der Waals surface area contributed by atoms with Gasteiger partial charge in [-0.25, -0.2) is 0 Å². The largest absolute Gasteiger partial charge is 0.492 e. The molecular weight excluding hydrogens is 230 g/mol. The quantitative estimate of drug-likeness (QED) is 0.810. The Kier molecular flexibility index (Phi) is 4.22. The van der Waals surface area contributed by atoms with E-state index in [1.54, 1.807) is 12.4 Å². The zero-order valence-corrected chi connectivity index (χ0v) is 9.54. The fourth-order valence-corrected chi connectivity index (χ4v) is 1.17. The predicted molar refractivity (Wildman–Crippen MR) is 56.9 cm³/mol. The van der Waals surface area contributed by atoms with Crippen molar-refractivity contribution in [2.75, 3.05) is 6.61 Å². The Labute approximate surface area is 87.5 Å². The van der Waals surface area contributed by atoms with Gasteiger partial charge in [0.05, 0.1) is 12.8 Å². The standard InChI is InChI=1S/C10H14BrNO/c1-3-8(2)7-13-10-4-9(11)5-12-6-10/h4-6,8H,3,7H2,1-2H3/t8-/m0/s1. The predicted octanol–water partition coefficient (Wildman–Crippen LogP) is 3.27. The number of pyridine rings is 1. The highest BCUT2D eigenvalue weighted by atomic mass is 79.9.